The van der Waals surface area contributed by atoms with E-state index in [1.165, 1.54) is 0 Å². The van der Waals surface area contributed by atoms with E-state index < -0.39 is 0 Å². The predicted molar refractivity (Wildman–Crippen MR) is 71.9 cm³/mol. The number of nitrogens with two attached hydrogens (primary N) is 1. The minimum atomic E-state index is 0.0847. The van der Waals surface area contributed by atoms with Gasteiger partial charge in [0.15, 0.2) is 0 Å². The zero-order chi connectivity index (χ0) is 12.3. The van der Waals surface area contributed by atoms with E-state index in [1.807, 2.05) is 18.2 Å². The van der Waals surface area contributed by atoms with Crippen LogP contribution < -0.4 is 16.0 Å². The van der Waals surface area contributed by atoms with Gasteiger partial charge in [-0.1, -0.05) is 22.0 Å². The summed E-state index contributed by atoms with van der Waals surface area (Å²) in [5.74, 6) is 0.0847. The van der Waals surface area contributed by atoms with Crippen molar-refractivity contribution in [2.75, 3.05) is 24.5 Å². The number of nitrogens with zero attached hydrogens (tertiary/aromatic N) is 1. The Bertz CT molecular complexity index is 422. The second-order valence-corrected chi connectivity index (χ2v) is 4.96. The van der Waals surface area contributed by atoms with Crippen LogP contribution in [0.3, 0.4) is 0 Å². The number of hydrogen-bond donors (Lipinski definition) is 2. The van der Waals surface area contributed by atoms with Gasteiger partial charge in [0.1, 0.15) is 0 Å². The van der Waals surface area contributed by atoms with Gasteiger partial charge >= 0.3 is 0 Å². The zero-order valence-corrected chi connectivity index (χ0v) is 11.2. The van der Waals surface area contributed by atoms with Crippen molar-refractivity contribution < 1.29 is 4.79 Å². The number of halogens is 1. The summed E-state index contributed by atoms with van der Waals surface area (Å²) in [5.41, 5.74) is 7.76. The highest BCUT2D eigenvalue weighted by Gasteiger charge is 2.15. The topological polar surface area (TPSA) is 58.4 Å². The highest BCUT2D eigenvalue weighted by atomic mass is 79.9. The smallest absolute Gasteiger partial charge is 0.239 e. The minimum absolute atomic E-state index is 0.0847. The molecule has 0 radical (unpaired) electrons. The van der Waals surface area contributed by atoms with Crippen molar-refractivity contribution in [2.45, 2.75) is 13.0 Å². The molecule has 17 heavy (non-hydrogen) atoms. The quantitative estimate of drug-likeness (QED) is 0.863. The molecule has 1 saturated heterocycles. The van der Waals surface area contributed by atoms with Gasteiger partial charge < -0.3 is 16.0 Å². The standard InChI is InChI=1S/C12H16BrN3O/c13-11-6-10(3-2-9(11)7-14)16-5-1-4-15-12(17)8-16/h2-3,6H,1,4-5,7-8,14H2,(H,15,17). The molecular weight excluding hydrogens is 282 g/mol. The summed E-state index contributed by atoms with van der Waals surface area (Å²) < 4.78 is 1.00. The van der Waals surface area contributed by atoms with E-state index in [1.54, 1.807) is 0 Å². The molecular formula is C12H16BrN3O. The zero-order valence-electron chi connectivity index (χ0n) is 9.58. The number of carbonyl (C=O) groups excluding carboxylic acids is 1. The lowest BCUT2D eigenvalue weighted by Crippen LogP contribution is -2.33. The van der Waals surface area contributed by atoms with Gasteiger partial charge in [0.05, 0.1) is 6.54 Å². The number of nitrogens with one attached hydrogen (secondary N) is 1. The first-order valence-electron chi connectivity index (χ1n) is 5.71. The van der Waals surface area contributed by atoms with Crippen molar-refractivity contribution >= 4 is 27.5 Å². The van der Waals surface area contributed by atoms with E-state index in [9.17, 15) is 4.79 Å². The first-order chi connectivity index (χ1) is 8.20. The Hall–Kier alpha value is -1.07. The number of rotatable bonds is 2. The van der Waals surface area contributed by atoms with E-state index in [4.69, 9.17) is 5.73 Å². The van der Waals surface area contributed by atoms with Crippen LogP contribution >= 0.6 is 15.9 Å². The van der Waals surface area contributed by atoms with Crippen molar-refractivity contribution in [1.82, 2.24) is 5.32 Å². The van der Waals surface area contributed by atoms with Crippen LogP contribution in [0.25, 0.3) is 0 Å². The Morgan fingerprint density at radius 3 is 3.00 bits per heavy atom. The third kappa shape index (κ3) is 2.98. The monoisotopic (exact) mass is 297 g/mol. The van der Waals surface area contributed by atoms with Crippen LogP contribution in [0, 0.1) is 0 Å². The lowest BCUT2D eigenvalue weighted by atomic mass is 10.2. The van der Waals surface area contributed by atoms with Crippen LogP contribution in [0.2, 0.25) is 0 Å². The predicted octanol–water partition coefficient (Wildman–Crippen LogP) is 1.23. The Balaban J connectivity index is 2.20. The van der Waals surface area contributed by atoms with Gasteiger partial charge in [-0.15, -0.1) is 0 Å². The van der Waals surface area contributed by atoms with Crippen molar-refractivity contribution in [1.29, 1.82) is 0 Å². The molecule has 92 valence electrons. The molecule has 1 aromatic rings. The maximum atomic E-state index is 11.5. The third-order valence-corrected chi connectivity index (χ3v) is 3.62. The molecule has 0 bridgehead atoms. The van der Waals surface area contributed by atoms with E-state index in [0.717, 1.165) is 35.2 Å². The molecule has 1 aliphatic heterocycles. The molecule has 0 unspecified atom stereocenters. The third-order valence-electron chi connectivity index (χ3n) is 2.88. The first-order valence-corrected chi connectivity index (χ1v) is 6.50. The van der Waals surface area contributed by atoms with Gasteiger partial charge in [0, 0.05) is 29.8 Å². The summed E-state index contributed by atoms with van der Waals surface area (Å²) in [6, 6.07) is 6.05. The van der Waals surface area contributed by atoms with Gasteiger partial charge in [-0.25, -0.2) is 0 Å². The fraction of sp³-hybridized carbons (Fsp3) is 0.417. The molecule has 4 nitrogen and oxygen atoms in total. The molecule has 1 amide bonds. The van der Waals surface area contributed by atoms with Gasteiger partial charge in [0.2, 0.25) is 5.91 Å². The molecule has 1 fully saturated rings. The Morgan fingerprint density at radius 2 is 2.29 bits per heavy atom. The number of carbonyl (C=O) groups is 1. The van der Waals surface area contributed by atoms with E-state index >= 15 is 0 Å². The van der Waals surface area contributed by atoms with Crippen molar-refractivity contribution in [3.63, 3.8) is 0 Å². The Labute approximate surface area is 109 Å². The van der Waals surface area contributed by atoms with Crippen LogP contribution in [0.5, 0.6) is 0 Å². The number of amides is 1. The van der Waals surface area contributed by atoms with Crippen LogP contribution in [-0.4, -0.2) is 25.5 Å². The van der Waals surface area contributed by atoms with E-state index in [2.05, 4.69) is 26.1 Å². The van der Waals surface area contributed by atoms with Crippen LogP contribution in [0.15, 0.2) is 22.7 Å². The maximum absolute atomic E-state index is 11.5. The summed E-state index contributed by atoms with van der Waals surface area (Å²) in [6.45, 7) is 2.60. The molecule has 0 aromatic heterocycles. The van der Waals surface area contributed by atoms with Crippen molar-refractivity contribution in [3.05, 3.63) is 28.2 Å². The van der Waals surface area contributed by atoms with Crippen LogP contribution in [0.4, 0.5) is 5.69 Å². The average Bonchev–Trinajstić information content (AvgIpc) is 2.54. The summed E-state index contributed by atoms with van der Waals surface area (Å²) in [5, 5.41) is 2.87. The normalized spacial score (nSPS) is 16.6. The SMILES string of the molecule is NCc1ccc(N2CCCNC(=O)C2)cc1Br. The molecule has 5 heteroatoms. The van der Waals surface area contributed by atoms with Gasteiger partial charge in [-0.05, 0) is 24.1 Å². The lowest BCUT2D eigenvalue weighted by Gasteiger charge is -2.22. The summed E-state index contributed by atoms with van der Waals surface area (Å²) in [4.78, 5) is 13.6. The Morgan fingerprint density at radius 1 is 1.47 bits per heavy atom. The largest absolute Gasteiger partial charge is 0.362 e. The molecule has 0 saturated carbocycles. The summed E-state index contributed by atoms with van der Waals surface area (Å²) >= 11 is 3.50. The van der Waals surface area contributed by atoms with Gasteiger partial charge in [-0.2, -0.15) is 0 Å². The number of hydrogen-bond acceptors (Lipinski definition) is 3. The second kappa shape index (κ2) is 5.51. The average molecular weight is 298 g/mol. The van der Waals surface area contributed by atoms with Crippen molar-refractivity contribution in [2.24, 2.45) is 5.73 Å². The van der Waals surface area contributed by atoms with Gasteiger partial charge in [-0.3, -0.25) is 4.79 Å². The molecule has 0 spiro atoms. The minimum Gasteiger partial charge on any atom is -0.362 e. The lowest BCUT2D eigenvalue weighted by molar-refractivity contribution is -0.119. The molecule has 1 heterocycles. The molecule has 1 aliphatic rings. The molecule has 1 aromatic carbocycles. The van der Waals surface area contributed by atoms with Crippen LogP contribution in [0.1, 0.15) is 12.0 Å². The highest BCUT2D eigenvalue weighted by molar-refractivity contribution is 9.10. The number of benzene rings is 1. The molecule has 0 aliphatic carbocycles. The molecule has 3 N–H and O–H groups in total. The summed E-state index contributed by atoms with van der Waals surface area (Å²) in [6.07, 6.45) is 0.974. The van der Waals surface area contributed by atoms with Crippen molar-refractivity contribution in [3.8, 4) is 0 Å². The number of anilines is 1. The molecule has 2 rings (SSSR count). The van der Waals surface area contributed by atoms with Gasteiger partial charge in [0.25, 0.3) is 0 Å². The van der Waals surface area contributed by atoms with E-state index in [0.29, 0.717) is 13.1 Å². The fourth-order valence-corrected chi connectivity index (χ4v) is 2.45. The summed E-state index contributed by atoms with van der Waals surface area (Å²) in [7, 11) is 0. The second-order valence-electron chi connectivity index (χ2n) is 4.10. The molecule has 0 atom stereocenters. The Kier molecular flexibility index (Phi) is 4.02. The first kappa shape index (κ1) is 12.4. The van der Waals surface area contributed by atoms with Crippen LogP contribution in [-0.2, 0) is 11.3 Å². The highest BCUT2D eigenvalue weighted by Crippen LogP contribution is 2.24. The van der Waals surface area contributed by atoms with E-state index in [-0.39, 0.29) is 5.91 Å². The maximum Gasteiger partial charge on any atom is 0.239 e. The fourth-order valence-electron chi connectivity index (χ4n) is 1.92.